The van der Waals surface area contributed by atoms with Crippen LogP contribution in [0.4, 0.5) is 4.39 Å². The van der Waals surface area contributed by atoms with E-state index in [1.807, 2.05) is 20.8 Å². The molecule has 0 spiro atoms. The number of ether oxygens (including phenoxy) is 1. The second kappa shape index (κ2) is 5.16. The Morgan fingerprint density at radius 2 is 2.17 bits per heavy atom. The summed E-state index contributed by atoms with van der Waals surface area (Å²) in [4.78, 5) is 4.11. The number of rotatable bonds is 4. The molecule has 96 valence electrons. The zero-order valence-corrected chi connectivity index (χ0v) is 10.7. The minimum absolute atomic E-state index is 0.202. The summed E-state index contributed by atoms with van der Waals surface area (Å²) < 4.78 is 20.7. The summed E-state index contributed by atoms with van der Waals surface area (Å²) in [5, 5.41) is 4.10. The van der Waals surface area contributed by atoms with Gasteiger partial charge in [0.05, 0.1) is 0 Å². The van der Waals surface area contributed by atoms with Crippen LogP contribution in [0.15, 0.2) is 24.5 Å². The molecule has 0 atom stereocenters. The second-order valence-electron chi connectivity index (χ2n) is 4.44. The molecule has 0 aliphatic heterocycles. The molecule has 18 heavy (non-hydrogen) atoms. The van der Waals surface area contributed by atoms with E-state index in [1.165, 1.54) is 12.4 Å². The molecule has 2 aromatic rings. The second-order valence-corrected chi connectivity index (χ2v) is 4.44. The monoisotopic (exact) mass is 249 g/mol. The van der Waals surface area contributed by atoms with Crippen LogP contribution in [0.1, 0.15) is 31.3 Å². The smallest absolute Gasteiger partial charge is 0.165 e. The van der Waals surface area contributed by atoms with Crippen LogP contribution in [0.25, 0.3) is 0 Å². The van der Waals surface area contributed by atoms with Crippen LogP contribution < -0.4 is 4.74 Å². The predicted molar refractivity (Wildman–Crippen MR) is 65.9 cm³/mol. The first-order chi connectivity index (χ1) is 8.58. The molecule has 5 heteroatoms. The van der Waals surface area contributed by atoms with E-state index in [9.17, 15) is 4.39 Å². The molecular weight excluding hydrogens is 233 g/mol. The first kappa shape index (κ1) is 12.5. The Morgan fingerprint density at radius 3 is 2.89 bits per heavy atom. The van der Waals surface area contributed by atoms with Gasteiger partial charge >= 0.3 is 0 Å². The van der Waals surface area contributed by atoms with Gasteiger partial charge in [-0.1, -0.05) is 6.07 Å². The van der Waals surface area contributed by atoms with E-state index in [2.05, 4.69) is 10.1 Å². The van der Waals surface area contributed by atoms with Gasteiger partial charge in [-0.25, -0.2) is 14.1 Å². The molecule has 0 saturated carbocycles. The maximum atomic E-state index is 13.5. The quantitative estimate of drug-likeness (QED) is 0.836. The summed E-state index contributed by atoms with van der Waals surface area (Å²) >= 11 is 0. The SMILES string of the molecule is Cc1ccc(F)c(OCc2ncnn2C(C)C)c1. The van der Waals surface area contributed by atoms with Crippen LogP contribution in [0.3, 0.4) is 0 Å². The highest BCUT2D eigenvalue weighted by atomic mass is 19.1. The fourth-order valence-corrected chi connectivity index (χ4v) is 1.67. The number of aromatic nitrogens is 3. The molecule has 0 radical (unpaired) electrons. The van der Waals surface area contributed by atoms with Crippen molar-refractivity contribution in [3.63, 3.8) is 0 Å². The number of nitrogens with zero attached hydrogens (tertiary/aromatic N) is 3. The number of hydrogen-bond acceptors (Lipinski definition) is 3. The van der Waals surface area contributed by atoms with Gasteiger partial charge in [0, 0.05) is 6.04 Å². The Hall–Kier alpha value is -1.91. The summed E-state index contributed by atoms with van der Waals surface area (Å²) in [5.41, 5.74) is 0.955. The third-order valence-corrected chi connectivity index (χ3v) is 2.58. The summed E-state index contributed by atoms with van der Waals surface area (Å²) in [5.74, 6) is 0.565. The fourth-order valence-electron chi connectivity index (χ4n) is 1.67. The lowest BCUT2D eigenvalue weighted by atomic mass is 10.2. The van der Waals surface area contributed by atoms with E-state index in [-0.39, 0.29) is 24.2 Å². The van der Waals surface area contributed by atoms with E-state index in [4.69, 9.17) is 4.74 Å². The van der Waals surface area contributed by atoms with E-state index in [0.29, 0.717) is 5.82 Å². The Bertz CT molecular complexity index is 537. The van der Waals surface area contributed by atoms with Gasteiger partial charge in [0.15, 0.2) is 17.4 Å². The average molecular weight is 249 g/mol. The normalized spacial score (nSPS) is 10.9. The molecule has 0 aliphatic rings. The zero-order chi connectivity index (χ0) is 13.1. The van der Waals surface area contributed by atoms with Crippen molar-refractivity contribution < 1.29 is 9.13 Å². The van der Waals surface area contributed by atoms with Crippen LogP contribution >= 0.6 is 0 Å². The third kappa shape index (κ3) is 2.67. The largest absolute Gasteiger partial charge is 0.483 e. The van der Waals surface area contributed by atoms with Gasteiger partial charge in [0.25, 0.3) is 0 Å². The molecule has 0 saturated heterocycles. The first-order valence-electron chi connectivity index (χ1n) is 5.85. The van der Waals surface area contributed by atoms with Crippen molar-refractivity contribution >= 4 is 0 Å². The van der Waals surface area contributed by atoms with Crippen LogP contribution in [-0.2, 0) is 6.61 Å². The maximum Gasteiger partial charge on any atom is 0.165 e. The van der Waals surface area contributed by atoms with Crippen LogP contribution in [0.2, 0.25) is 0 Å². The predicted octanol–water partition coefficient (Wildman–Crippen LogP) is 2.89. The standard InChI is InChI=1S/C13H16FN3O/c1-9(2)17-13(15-8-16-17)7-18-12-6-10(3)4-5-11(12)14/h4-6,8-9H,7H2,1-3H3. The van der Waals surface area contributed by atoms with Gasteiger partial charge in [-0.2, -0.15) is 5.10 Å². The highest BCUT2D eigenvalue weighted by Crippen LogP contribution is 2.19. The molecule has 2 rings (SSSR count). The Balaban J connectivity index is 2.11. The van der Waals surface area contributed by atoms with Crippen LogP contribution in [-0.4, -0.2) is 14.8 Å². The summed E-state index contributed by atoms with van der Waals surface area (Å²) in [6.07, 6.45) is 1.48. The van der Waals surface area contributed by atoms with Gasteiger partial charge in [0.1, 0.15) is 12.9 Å². The summed E-state index contributed by atoms with van der Waals surface area (Å²) in [6.45, 7) is 6.11. The number of hydrogen-bond donors (Lipinski definition) is 0. The van der Waals surface area contributed by atoms with Gasteiger partial charge in [-0.3, -0.25) is 0 Å². The van der Waals surface area contributed by atoms with Crippen LogP contribution in [0, 0.1) is 12.7 Å². The molecular formula is C13H16FN3O. The molecule has 1 heterocycles. The van der Waals surface area contributed by atoms with Crippen molar-refractivity contribution in [2.24, 2.45) is 0 Å². The zero-order valence-electron chi connectivity index (χ0n) is 10.7. The lowest BCUT2D eigenvalue weighted by molar-refractivity contribution is 0.269. The van der Waals surface area contributed by atoms with E-state index >= 15 is 0 Å². The van der Waals surface area contributed by atoms with Crippen molar-refractivity contribution in [1.29, 1.82) is 0 Å². The Morgan fingerprint density at radius 1 is 1.39 bits per heavy atom. The highest BCUT2D eigenvalue weighted by molar-refractivity contribution is 5.29. The summed E-state index contributed by atoms with van der Waals surface area (Å²) in [7, 11) is 0. The van der Waals surface area contributed by atoms with Crippen molar-refractivity contribution in [3.8, 4) is 5.75 Å². The molecule has 0 fully saturated rings. The van der Waals surface area contributed by atoms with Crippen molar-refractivity contribution in [1.82, 2.24) is 14.8 Å². The van der Waals surface area contributed by atoms with Gasteiger partial charge in [-0.15, -0.1) is 0 Å². The molecule has 4 nitrogen and oxygen atoms in total. The van der Waals surface area contributed by atoms with E-state index < -0.39 is 0 Å². The van der Waals surface area contributed by atoms with Crippen molar-refractivity contribution in [2.45, 2.75) is 33.4 Å². The van der Waals surface area contributed by atoms with Gasteiger partial charge in [-0.05, 0) is 38.5 Å². The molecule has 0 aliphatic carbocycles. The molecule has 0 unspecified atom stereocenters. The van der Waals surface area contributed by atoms with E-state index in [0.717, 1.165) is 5.56 Å². The summed E-state index contributed by atoms with van der Waals surface area (Å²) in [6, 6.07) is 4.98. The molecule has 0 N–H and O–H groups in total. The third-order valence-electron chi connectivity index (χ3n) is 2.58. The fraction of sp³-hybridized carbons (Fsp3) is 0.385. The van der Waals surface area contributed by atoms with E-state index in [1.54, 1.807) is 16.8 Å². The maximum absolute atomic E-state index is 13.5. The molecule has 0 amide bonds. The lowest BCUT2D eigenvalue weighted by Gasteiger charge is -2.11. The number of benzene rings is 1. The van der Waals surface area contributed by atoms with Crippen molar-refractivity contribution in [2.75, 3.05) is 0 Å². The molecule has 1 aromatic heterocycles. The van der Waals surface area contributed by atoms with Gasteiger partial charge in [0.2, 0.25) is 0 Å². The number of halogens is 1. The molecule has 1 aromatic carbocycles. The highest BCUT2D eigenvalue weighted by Gasteiger charge is 2.10. The minimum Gasteiger partial charge on any atom is -0.483 e. The lowest BCUT2D eigenvalue weighted by Crippen LogP contribution is -2.11. The van der Waals surface area contributed by atoms with Crippen molar-refractivity contribution in [3.05, 3.63) is 41.7 Å². The Kier molecular flexibility index (Phi) is 3.60. The topological polar surface area (TPSA) is 39.9 Å². The minimum atomic E-state index is -0.365. The van der Waals surface area contributed by atoms with Gasteiger partial charge < -0.3 is 4.74 Å². The van der Waals surface area contributed by atoms with Crippen LogP contribution in [0.5, 0.6) is 5.75 Å². The Labute approximate surface area is 105 Å². The average Bonchev–Trinajstić information content (AvgIpc) is 2.79. The number of aryl methyl sites for hydroxylation is 1. The first-order valence-corrected chi connectivity index (χ1v) is 5.85. The molecule has 0 bridgehead atoms.